The molecule has 0 aliphatic carbocycles. The predicted octanol–water partition coefficient (Wildman–Crippen LogP) is 1.69. The molecule has 1 aromatic carbocycles. The van der Waals surface area contributed by atoms with Crippen LogP contribution in [0.5, 0.6) is 0 Å². The zero-order chi connectivity index (χ0) is 20.9. The first-order valence-electron chi connectivity index (χ1n) is 9.08. The molecule has 1 aliphatic rings. The van der Waals surface area contributed by atoms with E-state index < -0.39 is 10.0 Å². The molecule has 0 spiro atoms. The molecule has 1 saturated heterocycles. The van der Waals surface area contributed by atoms with Gasteiger partial charge in [-0.2, -0.15) is 9.41 Å². The lowest BCUT2D eigenvalue weighted by atomic mass is 10.2. The molecule has 29 heavy (non-hydrogen) atoms. The van der Waals surface area contributed by atoms with Crippen LogP contribution in [0.25, 0.3) is 0 Å². The molecular formula is C19H22BrN5O3S. The number of halogens is 1. The fourth-order valence-corrected chi connectivity index (χ4v) is 4.60. The second-order valence-corrected chi connectivity index (χ2v) is 9.46. The Morgan fingerprint density at radius 1 is 1.17 bits per heavy atom. The first-order chi connectivity index (χ1) is 13.9. The van der Waals surface area contributed by atoms with E-state index in [0.29, 0.717) is 31.9 Å². The van der Waals surface area contributed by atoms with Crippen molar-refractivity contribution in [1.29, 1.82) is 0 Å². The summed E-state index contributed by atoms with van der Waals surface area (Å²) < 4.78 is 27.7. The molecule has 10 heteroatoms. The van der Waals surface area contributed by atoms with Crippen LogP contribution in [0.1, 0.15) is 12.5 Å². The van der Waals surface area contributed by atoms with Crippen molar-refractivity contribution in [2.24, 2.45) is 5.10 Å². The lowest BCUT2D eigenvalue weighted by Crippen LogP contribution is -2.50. The van der Waals surface area contributed by atoms with Gasteiger partial charge in [-0.25, -0.2) is 13.8 Å². The van der Waals surface area contributed by atoms with E-state index in [4.69, 9.17) is 0 Å². The highest BCUT2D eigenvalue weighted by Crippen LogP contribution is 2.20. The van der Waals surface area contributed by atoms with Crippen molar-refractivity contribution >= 4 is 37.6 Å². The van der Waals surface area contributed by atoms with Crippen LogP contribution >= 0.6 is 15.9 Å². The summed E-state index contributed by atoms with van der Waals surface area (Å²) in [5.74, 6) is -0.238. The summed E-state index contributed by atoms with van der Waals surface area (Å²) in [6, 6.07) is 10.3. The van der Waals surface area contributed by atoms with Gasteiger partial charge in [0.1, 0.15) is 0 Å². The number of rotatable bonds is 6. The predicted molar refractivity (Wildman–Crippen MR) is 114 cm³/mol. The van der Waals surface area contributed by atoms with Crippen molar-refractivity contribution in [3.8, 4) is 0 Å². The molecule has 154 valence electrons. The summed E-state index contributed by atoms with van der Waals surface area (Å²) in [5.41, 5.74) is 4.04. The van der Waals surface area contributed by atoms with E-state index in [1.807, 2.05) is 11.0 Å². The Balaban J connectivity index is 1.50. The van der Waals surface area contributed by atoms with Gasteiger partial charge >= 0.3 is 0 Å². The quantitative estimate of drug-likeness (QED) is 0.502. The molecule has 1 aliphatic heterocycles. The van der Waals surface area contributed by atoms with Crippen LogP contribution in [0.3, 0.4) is 0 Å². The summed E-state index contributed by atoms with van der Waals surface area (Å²) in [4.78, 5) is 18.4. The Kier molecular flexibility index (Phi) is 7.12. The maximum atomic E-state index is 12.7. The maximum Gasteiger partial charge on any atom is 0.254 e. The summed E-state index contributed by atoms with van der Waals surface area (Å²) in [5, 5.41) is 4.10. The van der Waals surface area contributed by atoms with Gasteiger partial charge in [0.2, 0.25) is 10.0 Å². The standard InChI is InChI=1S/C19H22BrN5O3S/c1-15(16-3-2-8-21-13-16)22-23-19(26)14-24-9-11-25(12-10-24)29(27,28)18-6-4-17(20)5-7-18/h2-8,13H,9-12,14H2,1H3,(H,23,26)/b22-15-. The van der Waals surface area contributed by atoms with E-state index in [1.165, 1.54) is 4.31 Å². The van der Waals surface area contributed by atoms with Gasteiger partial charge in [0.25, 0.3) is 5.91 Å². The molecule has 1 amide bonds. The first-order valence-corrected chi connectivity index (χ1v) is 11.3. The average Bonchev–Trinajstić information content (AvgIpc) is 2.73. The fourth-order valence-electron chi connectivity index (χ4n) is 2.91. The van der Waals surface area contributed by atoms with Crippen LogP contribution in [0.15, 0.2) is 63.3 Å². The molecule has 0 atom stereocenters. The van der Waals surface area contributed by atoms with E-state index in [0.717, 1.165) is 10.0 Å². The number of hydrogen-bond donors (Lipinski definition) is 1. The number of pyridine rings is 1. The third-order valence-electron chi connectivity index (χ3n) is 4.58. The van der Waals surface area contributed by atoms with Gasteiger partial charge in [-0.05, 0) is 37.3 Å². The van der Waals surface area contributed by atoms with Crippen LogP contribution in [0.2, 0.25) is 0 Å². The van der Waals surface area contributed by atoms with Crippen molar-refractivity contribution in [3.63, 3.8) is 0 Å². The van der Waals surface area contributed by atoms with Crippen LogP contribution in [0, 0.1) is 0 Å². The van der Waals surface area contributed by atoms with E-state index >= 15 is 0 Å². The fraction of sp³-hybridized carbons (Fsp3) is 0.316. The number of nitrogens with one attached hydrogen (secondary N) is 1. The number of amides is 1. The number of sulfonamides is 1. The molecule has 0 saturated carbocycles. The Hall–Kier alpha value is -2.14. The highest BCUT2D eigenvalue weighted by Gasteiger charge is 2.28. The van der Waals surface area contributed by atoms with Crippen molar-refractivity contribution in [2.75, 3.05) is 32.7 Å². The highest BCUT2D eigenvalue weighted by atomic mass is 79.9. The monoisotopic (exact) mass is 479 g/mol. The highest BCUT2D eigenvalue weighted by molar-refractivity contribution is 9.10. The van der Waals surface area contributed by atoms with E-state index in [-0.39, 0.29) is 17.3 Å². The molecule has 1 aromatic heterocycles. The van der Waals surface area contributed by atoms with E-state index in [2.05, 4.69) is 31.4 Å². The molecule has 0 radical (unpaired) electrons. The zero-order valence-corrected chi connectivity index (χ0v) is 18.4. The number of aromatic nitrogens is 1. The normalized spacial score (nSPS) is 16.6. The van der Waals surface area contributed by atoms with Gasteiger partial charge in [0.15, 0.2) is 0 Å². The molecule has 0 unspecified atom stereocenters. The Morgan fingerprint density at radius 3 is 2.48 bits per heavy atom. The molecule has 1 N–H and O–H groups in total. The number of hydrogen-bond acceptors (Lipinski definition) is 6. The minimum atomic E-state index is -3.53. The largest absolute Gasteiger partial charge is 0.292 e. The molecule has 2 aromatic rings. The number of nitrogens with zero attached hydrogens (tertiary/aromatic N) is 4. The Bertz CT molecular complexity index is 973. The van der Waals surface area contributed by atoms with E-state index in [1.54, 1.807) is 49.6 Å². The van der Waals surface area contributed by atoms with Crippen LogP contribution in [0.4, 0.5) is 0 Å². The third kappa shape index (κ3) is 5.69. The van der Waals surface area contributed by atoms with Gasteiger partial charge < -0.3 is 0 Å². The third-order valence-corrected chi connectivity index (χ3v) is 7.02. The van der Waals surface area contributed by atoms with Crippen molar-refractivity contribution in [2.45, 2.75) is 11.8 Å². The van der Waals surface area contributed by atoms with Gasteiger partial charge in [0.05, 0.1) is 17.2 Å². The smallest absolute Gasteiger partial charge is 0.254 e. The molecule has 8 nitrogen and oxygen atoms in total. The summed E-state index contributed by atoms with van der Waals surface area (Å²) >= 11 is 3.31. The summed E-state index contributed by atoms with van der Waals surface area (Å²) in [6.07, 6.45) is 3.35. The molecule has 1 fully saturated rings. The lowest BCUT2D eigenvalue weighted by Gasteiger charge is -2.33. The van der Waals surface area contributed by atoms with Gasteiger partial charge in [-0.1, -0.05) is 22.0 Å². The topological polar surface area (TPSA) is 95.0 Å². The zero-order valence-electron chi connectivity index (χ0n) is 16.0. The van der Waals surface area contributed by atoms with Gasteiger partial charge in [-0.15, -0.1) is 0 Å². The minimum absolute atomic E-state index is 0.163. The van der Waals surface area contributed by atoms with E-state index in [9.17, 15) is 13.2 Å². The molecule has 0 bridgehead atoms. The van der Waals surface area contributed by atoms with Crippen LogP contribution < -0.4 is 5.43 Å². The molecule has 2 heterocycles. The average molecular weight is 480 g/mol. The van der Waals surface area contributed by atoms with Gasteiger partial charge in [0, 0.05) is 48.6 Å². The number of hydrazone groups is 1. The van der Waals surface area contributed by atoms with Gasteiger partial charge in [-0.3, -0.25) is 14.7 Å². The second-order valence-electron chi connectivity index (χ2n) is 6.61. The van der Waals surface area contributed by atoms with Crippen LogP contribution in [-0.2, 0) is 14.8 Å². The minimum Gasteiger partial charge on any atom is -0.292 e. The van der Waals surface area contributed by atoms with Crippen molar-refractivity contribution in [3.05, 3.63) is 58.8 Å². The van der Waals surface area contributed by atoms with Crippen molar-refractivity contribution < 1.29 is 13.2 Å². The summed E-state index contributed by atoms with van der Waals surface area (Å²) in [7, 11) is -3.53. The van der Waals surface area contributed by atoms with Crippen molar-refractivity contribution in [1.82, 2.24) is 19.6 Å². The number of benzene rings is 1. The Labute approximate surface area is 178 Å². The summed E-state index contributed by atoms with van der Waals surface area (Å²) in [6.45, 7) is 3.59. The number of carbonyl (C=O) groups is 1. The molecule has 3 rings (SSSR count). The van der Waals surface area contributed by atoms with Crippen LogP contribution in [-0.4, -0.2) is 66.9 Å². The SMILES string of the molecule is C/C(=N/NC(=O)CN1CCN(S(=O)(=O)c2ccc(Br)cc2)CC1)c1cccnc1. The second kappa shape index (κ2) is 9.57. The Morgan fingerprint density at radius 2 is 1.86 bits per heavy atom. The molecular weight excluding hydrogens is 458 g/mol. The number of piperazine rings is 1. The lowest BCUT2D eigenvalue weighted by molar-refractivity contribution is -0.122. The number of carbonyl (C=O) groups excluding carboxylic acids is 1. The first kappa shape index (κ1) is 21.6. The maximum absolute atomic E-state index is 12.7.